The van der Waals surface area contributed by atoms with Gasteiger partial charge in [0.1, 0.15) is 5.65 Å². The summed E-state index contributed by atoms with van der Waals surface area (Å²) in [5.41, 5.74) is 1.68. The Hall–Kier alpha value is -1.69. The minimum atomic E-state index is -2.38. The topological polar surface area (TPSA) is 32.6 Å². The van der Waals surface area contributed by atoms with Gasteiger partial charge in [0.25, 0.3) is 6.43 Å². The second kappa shape index (κ2) is 6.85. The molecule has 0 aliphatic heterocycles. The first-order valence-corrected chi connectivity index (χ1v) is 7.15. The molecule has 0 aliphatic rings. The van der Waals surface area contributed by atoms with Crippen molar-refractivity contribution < 1.29 is 8.78 Å². The van der Waals surface area contributed by atoms with Gasteiger partial charge in [-0.05, 0) is 24.6 Å². The van der Waals surface area contributed by atoms with E-state index in [0.29, 0.717) is 18.3 Å². The van der Waals surface area contributed by atoms with E-state index >= 15 is 0 Å². The van der Waals surface area contributed by atoms with Gasteiger partial charge in [-0.15, -0.1) is 0 Å². The van der Waals surface area contributed by atoms with E-state index in [1.165, 1.54) is 4.90 Å². The van der Waals surface area contributed by atoms with Crippen LogP contribution in [0.2, 0.25) is 0 Å². The number of hydrogen-bond acceptors (Lipinski definition) is 3. The molecule has 0 fully saturated rings. The van der Waals surface area contributed by atoms with Gasteiger partial charge in [0.2, 0.25) is 0 Å². The second-order valence-electron chi connectivity index (χ2n) is 5.61. The van der Waals surface area contributed by atoms with Crippen molar-refractivity contribution in [1.82, 2.24) is 14.7 Å². The van der Waals surface area contributed by atoms with Crippen molar-refractivity contribution in [3.8, 4) is 0 Å². The normalized spacial score (nSPS) is 11.8. The van der Waals surface area contributed by atoms with Crippen LogP contribution in [-0.2, 0) is 6.54 Å². The van der Waals surface area contributed by atoms with Crippen LogP contribution in [0.3, 0.4) is 0 Å². The molecule has 2 aromatic rings. The van der Waals surface area contributed by atoms with Gasteiger partial charge in [-0.3, -0.25) is 0 Å². The minimum Gasteiger partial charge on any atom is -0.352 e. The Labute approximate surface area is 123 Å². The molecule has 2 heterocycles. The summed E-state index contributed by atoms with van der Waals surface area (Å²) >= 11 is 0. The molecule has 1 N–H and O–H groups in total. The largest absolute Gasteiger partial charge is 0.352 e. The van der Waals surface area contributed by atoms with Crippen LogP contribution >= 0.6 is 0 Å². The third kappa shape index (κ3) is 3.91. The van der Waals surface area contributed by atoms with Crippen molar-refractivity contribution in [3.05, 3.63) is 30.1 Å². The first-order valence-electron chi connectivity index (χ1n) is 7.15. The molecule has 0 aliphatic carbocycles. The Morgan fingerprint density at radius 1 is 1.33 bits per heavy atom. The Kier molecular flexibility index (Phi) is 5.12. The first-order chi connectivity index (χ1) is 9.99. The van der Waals surface area contributed by atoms with Gasteiger partial charge in [-0.1, -0.05) is 19.9 Å². The minimum absolute atomic E-state index is 0.318. The van der Waals surface area contributed by atoms with E-state index in [9.17, 15) is 8.78 Å². The number of aromatic nitrogens is 2. The maximum Gasteiger partial charge on any atom is 0.255 e. The molecule has 0 spiro atoms. The summed E-state index contributed by atoms with van der Waals surface area (Å²) in [6.45, 7) is 5.42. The molecule has 0 amide bonds. The van der Waals surface area contributed by atoms with E-state index in [-0.39, 0.29) is 6.54 Å². The third-order valence-corrected chi connectivity index (χ3v) is 3.23. The summed E-state index contributed by atoms with van der Waals surface area (Å²) in [7, 11) is 1.65. The number of fused-ring (bicyclic) bond motifs is 1. The summed E-state index contributed by atoms with van der Waals surface area (Å²) < 4.78 is 27.2. The quantitative estimate of drug-likeness (QED) is 0.853. The van der Waals surface area contributed by atoms with Crippen molar-refractivity contribution in [2.45, 2.75) is 26.8 Å². The Morgan fingerprint density at radius 3 is 2.76 bits per heavy atom. The number of nitrogens with zero attached hydrogens (tertiary/aromatic N) is 3. The average Bonchev–Trinajstić information content (AvgIpc) is 2.77. The summed E-state index contributed by atoms with van der Waals surface area (Å²) in [6, 6.07) is 5.69. The summed E-state index contributed by atoms with van der Waals surface area (Å²) in [5, 5.41) is 3.35. The highest BCUT2D eigenvalue weighted by Crippen LogP contribution is 2.21. The lowest BCUT2D eigenvalue weighted by atomic mass is 10.2. The fourth-order valence-electron chi connectivity index (χ4n) is 2.28. The molecular formula is C15H22F2N4. The Morgan fingerprint density at radius 2 is 2.10 bits per heavy atom. The van der Waals surface area contributed by atoms with Crippen LogP contribution in [0.5, 0.6) is 0 Å². The number of rotatable bonds is 7. The molecule has 0 aromatic carbocycles. The molecule has 0 atom stereocenters. The van der Waals surface area contributed by atoms with Gasteiger partial charge in [0.15, 0.2) is 5.82 Å². The van der Waals surface area contributed by atoms with Gasteiger partial charge < -0.3 is 14.6 Å². The fraction of sp³-hybridized carbons (Fsp3) is 0.533. The van der Waals surface area contributed by atoms with Crippen molar-refractivity contribution in [1.29, 1.82) is 0 Å². The van der Waals surface area contributed by atoms with Crippen molar-refractivity contribution in [3.63, 3.8) is 0 Å². The van der Waals surface area contributed by atoms with Gasteiger partial charge in [0.05, 0.1) is 12.2 Å². The first kappa shape index (κ1) is 15.7. The number of hydrogen-bond donors (Lipinski definition) is 1. The van der Waals surface area contributed by atoms with Crippen molar-refractivity contribution >= 4 is 11.5 Å². The second-order valence-corrected chi connectivity index (χ2v) is 5.61. The average molecular weight is 296 g/mol. The molecule has 2 rings (SSSR count). The van der Waals surface area contributed by atoms with E-state index in [0.717, 1.165) is 17.9 Å². The lowest BCUT2D eigenvalue weighted by Crippen LogP contribution is -2.27. The molecular weight excluding hydrogens is 274 g/mol. The zero-order valence-corrected chi connectivity index (χ0v) is 12.7. The number of halogens is 2. The maximum atomic E-state index is 12.6. The van der Waals surface area contributed by atoms with Crippen LogP contribution in [0.15, 0.2) is 24.4 Å². The molecule has 0 bridgehead atoms. The monoisotopic (exact) mass is 296 g/mol. The lowest BCUT2D eigenvalue weighted by molar-refractivity contribution is 0.156. The van der Waals surface area contributed by atoms with Crippen LogP contribution < -0.4 is 10.2 Å². The van der Waals surface area contributed by atoms with Gasteiger partial charge in [0, 0.05) is 19.8 Å². The molecule has 6 heteroatoms. The predicted molar refractivity (Wildman–Crippen MR) is 81.0 cm³/mol. The van der Waals surface area contributed by atoms with Crippen molar-refractivity contribution in [2.24, 2.45) is 5.92 Å². The predicted octanol–water partition coefficient (Wildman–Crippen LogP) is 2.78. The van der Waals surface area contributed by atoms with E-state index < -0.39 is 6.43 Å². The number of alkyl halides is 2. The highest BCUT2D eigenvalue weighted by Gasteiger charge is 2.18. The van der Waals surface area contributed by atoms with Crippen LogP contribution in [0.25, 0.3) is 5.65 Å². The number of anilines is 1. The Balaban J connectivity index is 2.29. The summed E-state index contributed by atoms with van der Waals surface area (Å²) in [4.78, 5) is 6.00. The molecule has 21 heavy (non-hydrogen) atoms. The fourth-order valence-corrected chi connectivity index (χ4v) is 2.28. The molecule has 116 valence electrons. The molecule has 0 saturated carbocycles. The van der Waals surface area contributed by atoms with Crippen LogP contribution in [0.4, 0.5) is 14.6 Å². The smallest absolute Gasteiger partial charge is 0.255 e. The van der Waals surface area contributed by atoms with Crippen LogP contribution in [0.1, 0.15) is 19.5 Å². The molecule has 0 unspecified atom stereocenters. The van der Waals surface area contributed by atoms with Crippen LogP contribution in [-0.4, -0.2) is 35.9 Å². The highest BCUT2D eigenvalue weighted by atomic mass is 19.3. The third-order valence-electron chi connectivity index (χ3n) is 3.23. The Bertz CT molecular complexity index is 580. The van der Waals surface area contributed by atoms with Gasteiger partial charge in [-0.25, -0.2) is 13.8 Å². The maximum absolute atomic E-state index is 12.6. The van der Waals surface area contributed by atoms with Gasteiger partial charge in [-0.2, -0.15) is 0 Å². The highest BCUT2D eigenvalue weighted by molar-refractivity contribution is 5.55. The SMILES string of the molecule is CC(C)CNCc1c(N(C)CC(F)F)nc2ccccn12. The van der Waals surface area contributed by atoms with E-state index in [1.807, 2.05) is 28.8 Å². The molecule has 4 nitrogen and oxygen atoms in total. The summed E-state index contributed by atoms with van der Waals surface area (Å²) in [5.74, 6) is 1.14. The van der Waals surface area contributed by atoms with E-state index in [1.54, 1.807) is 7.05 Å². The number of imidazole rings is 1. The zero-order chi connectivity index (χ0) is 15.4. The number of pyridine rings is 1. The van der Waals surface area contributed by atoms with E-state index in [4.69, 9.17) is 0 Å². The summed E-state index contributed by atoms with van der Waals surface area (Å²) in [6.07, 6.45) is -0.467. The zero-order valence-electron chi connectivity index (χ0n) is 12.7. The van der Waals surface area contributed by atoms with E-state index in [2.05, 4.69) is 24.1 Å². The standard InChI is InChI=1S/C15H22F2N4/c1-11(2)8-18-9-12-15(20(3)10-13(16)17)19-14-6-4-5-7-21(12)14/h4-7,11,13,18H,8-10H2,1-3H3. The lowest BCUT2D eigenvalue weighted by Gasteiger charge is -2.18. The van der Waals surface area contributed by atoms with Gasteiger partial charge >= 0.3 is 0 Å². The molecule has 2 aromatic heterocycles. The van der Waals surface area contributed by atoms with Crippen LogP contribution in [0, 0.1) is 5.92 Å². The molecule has 0 saturated heterocycles. The number of nitrogens with one attached hydrogen (secondary N) is 1. The molecule has 0 radical (unpaired) electrons. The van der Waals surface area contributed by atoms with Crippen molar-refractivity contribution in [2.75, 3.05) is 25.0 Å².